The van der Waals surface area contributed by atoms with Gasteiger partial charge in [-0.15, -0.1) is 0 Å². The molecule has 0 bridgehead atoms. The summed E-state index contributed by atoms with van der Waals surface area (Å²) in [6.45, 7) is 2.59. The third-order valence-corrected chi connectivity index (χ3v) is 2.82. The average Bonchev–Trinajstić information content (AvgIpc) is 2.38. The molecule has 0 aliphatic carbocycles. The van der Waals surface area contributed by atoms with Crippen molar-refractivity contribution >= 4 is 11.4 Å². The predicted molar refractivity (Wildman–Crippen MR) is 68.9 cm³/mol. The van der Waals surface area contributed by atoms with Crippen molar-refractivity contribution in [2.24, 2.45) is 0 Å². The van der Waals surface area contributed by atoms with E-state index in [1.165, 1.54) is 5.56 Å². The average molecular weight is 230 g/mol. The van der Waals surface area contributed by atoms with Crippen LogP contribution in [-0.4, -0.2) is 0 Å². The minimum Gasteiger partial charge on any atom is -0.394 e. The molecule has 0 radical (unpaired) electrons. The molecule has 0 aliphatic heterocycles. The van der Waals surface area contributed by atoms with Crippen molar-refractivity contribution in [1.29, 1.82) is 0 Å². The number of aryl methyl sites for hydroxylation is 1. The van der Waals surface area contributed by atoms with Crippen molar-refractivity contribution in [3.8, 4) is 0 Å². The molecule has 4 heteroatoms. The second kappa shape index (κ2) is 4.41. The zero-order valence-corrected chi connectivity index (χ0v) is 9.62. The summed E-state index contributed by atoms with van der Waals surface area (Å²) in [6, 6.07) is 8.05. The van der Waals surface area contributed by atoms with E-state index in [1.54, 1.807) is 0 Å². The molecule has 17 heavy (non-hydrogen) atoms. The van der Waals surface area contributed by atoms with Crippen molar-refractivity contribution in [1.82, 2.24) is 0 Å². The number of nitrogen functional groups attached to an aromatic ring is 1. The first-order valence-corrected chi connectivity index (χ1v) is 5.54. The third kappa shape index (κ3) is 2.06. The van der Waals surface area contributed by atoms with Gasteiger partial charge < -0.3 is 11.1 Å². The second-order valence-electron chi connectivity index (χ2n) is 3.97. The number of nitrogens with two attached hydrogens (primary N) is 1. The lowest BCUT2D eigenvalue weighted by Gasteiger charge is -2.10. The van der Waals surface area contributed by atoms with Crippen LogP contribution in [0.1, 0.15) is 18.1 Å². The van der Waals surface area contributed by atoms with E-state index in [2.05, 4.69) is 24.4 Å². The maximum atomic E-state index is 11.2. The fraction of sp³-hybridized carbons (Fsp3) is 0.231. The quantitative estimate of drug-likeness (QED) is 0.770. The van der Waals surface area contributed by atoms with Crippen molar-refractivity contribution in [2.75, 3.05) is 11.1 Å². The Morgan fingerprint density at radius 1 is 1.18 bits per heavy atom. The van der Waals surface area contributed by atoms with Crippen LogP contribution in [0.15, 0.2) is 33.9 Å². The zero-order valence-electron chi connectivity index (χ0n) is 9.62. The van der Waals surface area contributed by atoms with Crippen molar-refractivity contribution in [3.05, 3.63) is 55.8 Å². The van der Waals surface area contributed by atoms with Gasteiger partial charge in [-0.25, -0.2) is 0 Å². The molecule has 0 unspecified atom stereocenters. The number of nitrogens with one attached hydrogen (secondary N) is 1. The van der Waals surface area contributed by atoms with Gasteiger partial charge >= 0.3 is 0 Å². The minimum absolute atomic E-state index is 0.0432. The molecular weight excluding hydrogens is 216 g/mol. The van der Waals surface area contributed by atoms with Gasteiger partial charge in [0.1, 0.15) is 11.4 Å². The van der Waals surface area contributed by atoms with E-state index in [9.17, 15) is 9.59 Å². The molecule has 3 N–H and O–H groups in total. The zero-order chi connectivity index (χ0) is 12.4. The first-order valence-electron chi connectivity index (χ1n) is 5.54. The number of hydrogen-bond donors (Lipinski definition) is 2. The molecule has 0 aromatic heterocycles. The monoisotopic (exact) mass is 230 g/mol. The van der Waals surface area contributed by atoms with E-state index in [0.717, 1.165) is 12.0 Å². The van der Waals surface area contributed by atoms with Crippen LogP contribution in [0, 0.1) is 0 Å². The lowest BCUT2D eigenvalue weighted by atomic mass is 10.1. The van der Waals surface area contributed by atoms with Gasteiger partial charge in [0.15, 0.2) is 0 Å². The molecular formula is C13H14N2O2. The van der Waals surface area contributed by atoms with E-state index in [4.69, 9.17) is 5.73 Å². The molecule has 0 spiro atoms. The lowest BCUT2D eigenvalue weighted by molar-refractivity contribution is 1.09. The molecule has 2 aromatic rings. The van der Waals surface area contributed by atoms with Crippen molar-refractivity contribution < 1.29 is 0 Å². The molecule has 0 fully saturated rings. The summed E-state index contributed by atoms with van der Waals surface area (Å²) in [5.41, 5.74) is 6.91. The lowest BCUT2D eigenvalue weighted by Crippen LogP contribution is -2.36. The molecule has 0 saturated carbocycles. The van der Waals surface area contributed by atoms with E-state index in [1.807, 2.05) is 12.1 Å². The van der Waals surface area contributed by atoms with Crippen molar-refractivity contribution in [3.63, 3.8) is 0 Å². The Kier molecular flexibility index (Phi) is 2.95. The van der Waals surface area contributed by atoms with E-state index in [-0.39, 0.29) is 11.4 Å². The number of rotatable bonds is 4. The highest BCUT2D eigenvalue weighted by Gasteiger charge is 2.16. The Morgan fingerprint density at radius 3 is 2.53 bits per heavy atom. The van der Waals surface area contributed by atoms with E-state index < -0.39 is 10.9 Å². The summed E-state index contributed by atoms with van der Waals surface area (Å²) in [7, 11) is 0. The maximum Gasteiger partial charge on any atom is 0.253 e. The van der Waals surface area contributed by atoms with Gasteiger partial charge in [0.25, 0.3) is 10.9 Å². The van der Waals surface area contributed by atoms with Crippen LogP contribution in [0.25, 0.3) is 0 Å². The highest BCUT2D eigenvalue weighted by molar-refractivity contribution is 5.71. The molecule has 2 aromatic carbocycles. The summed E-state index contributed by atoms with van der Waals surface area (Å²) in [5.74, 6) is 0. The Balaban J connectivity index is 2.08. The standard InChI is InChI=1S/C13H14N2O2/c1-2-8-4-3-5-9(6-8)7-15-11-10(14)12(16)13(11)17/h3-6,15H,2,7,14H2,1H3. The summed E-state index contributed by atoms with van der Waals surface area (Å²) in [6.07, 6.45) is 0.968. The summed E-state index contributed by atoms with van der Waals surface area (Å²) in [5, 5.41) is 2.90. The van der Waals surface area contributed by atoms with Gasteiger partial charge in [0.2, 0.25) is 0 Å². The fourth-order valence-electron chi connectivity index (χ4n) is 1.73. The first-order chi connectivity index (χ1) is 8.13. The Morgan fingerprint density at radius 2 is 1.88 bits per heavy atom. The van der Waals surface area contributed by atoms with Gasteiger partial charge in [-0.2, -0.15) is 0 Å². The van der Waals surface area contributed by atoms with Crippen LogP contribution in [0.5, 0.6) is 0 Å². The largest absolute Gasteiger partial charge is 0.394 e. The maximum absolute atomic E-state index is 11.2. The third-order valence-electron chi connectivity index (χ3n) is 2.82. The van der Waals surface area contributed by atoms with Crippen LogP contribution in [0.3, 0.4) is 0 Å². The van der Waals surface area contributed by atoms with Gasteiger partial charge in [-0.1, -0.05) is 31.2 Å². The fourth-order valence-corrected chi connectivity index (χ4v) is 1.73. The molecule has 0 saturated heterocycles. The Labute approximate surface area is 98.8 Å². The van der Waals surface area contributed by atoms with Crippen LogP contribution in [0.2, 0.25) is 0 Å². The molecule has 0 atom stereocenters. The summed E-state index contributed by atoms with van der Waals surface area (Å²) >= 11 is 0. The first kappa shape index (κ1) is 11.4. The summed E-state index contributed by atoms with van der Waals surface area (Å²) < 4.78 is 0. The topological polar surface area (TPSA) is 72.2 Å². The van der Waals surface area contributed by atoms with Crippen LogP contribution in [0.4, 0.5) is 11.4 Å². The van der Waals surface area contributed by atoms with Gasteiger partial charge in [0.05, 0.1) is 0 Å². The van der Waals surface area contributed by atoms with E-state index in [0.29, 0.717) is 6.54 Å². The Hall–Kier alpha value is -2.10. The van der Waals surface area contributed by atoms with Crippen LogP contribution in [-0.2, 0) is 13.0 Å². The molecule has 0 heterocycles. The minimum atomic E-state index is -0.588. The van der Waals surface area contributed by atoms with Gasteiger partial charge in [-0.3, -0.25) is 9.59 Å². The molecule has 0 aliphatic rings. The number of hydrogen-bond acceptors (Lipinski definition) is 4. The number of benzene rings is 1. The molecule has 4 nitrogen and oxygen atoms in total. The van der Waals surface area contributed by atoms with E-state index >= 15 is 0 Å². The highest BCUT2D eigenvalue weighted by atomic mass is 16.2. The molecule has 88 valence electrons. The molecule has 0 amide bonds. The molecule has 2 rings (SSSR count). The van der Waals surface area contributed by atoms with Crippen molar-refractivity contribution in [2.45, 2.75) is 19.9 Å². The highest BCUT2D eigenvalue weighted by Crippen LogP contribution is 2.12. The smallest absolute Gasteiger partial charge is 0.253 e. The van der Waals surface area contributed by atoms with Crippen LogP contribution >= 0.6 is 0 Å². The van der Waals surface area contributed by atoms with Crippen LogP contribution < -0.4 is 21.9 Å². The normalized spacial score (nSPS) is 10.6. The van der Waals surface area contributed by atoms with Gasteiger partial charge in [0, 0.05) is 6.54 Å². The SMILES string of the molecule is CCc1cccc(CNc2c(N)c(=O)c2=O)c1. The predicted octanol–water partition coefficient (Wildman–Crippen LogP) is 1.04. The number of anilines is 2. The summed E-state index contributed by atoms with van der Waals surface area (Å²) in [4.78, 5) is 22.1. The van der Waals surface area contributed by atoms with Gasteiger partial charge in [-0.05, 0) is 17.5 Å². The second-order valence-corrected chi connectivity index (χ2v) is 3.97. The Bertz CT molecular complexity index is 610.